The average molecular weight is 359 g/mol. The van der Waals surface area contributed by atoms with Gasteiger partial charge in [0.05, 0.1) is 11.1 Å². The van der Waals surface area contributed by atoms with E-state index in [2.05, 4.69) is 28.2 Å². The fourth-order valence-electron chi connectivity index (χ4n) is 1.85. The van der Waals surface area contributed by atoms with E-state index < -0.39 is 12.0 Å². The number of hydrogen-bond donors (Lipinski definition) is 2. The summed E-state index contributed by atoms with van der Waals surface area (Å²) >= 11 is 3.48. The van der Waals surface area contributed by atoms with Gasteiger partial charge in [-0.15, -0.1) is 0 Å². The number of benzene rings is 1. The molecule has 0 aromatic heterocycles. The van der Waals surface area contributed by atoms with E-state index in [0.29, 0.717) is 24.5 Å². The molecule has 6 heteroatoms. The molecule has 1 atom stereocenters. The van der Waals surface area contributed by atoms with Crippen molar-refractivity contribution in [2.75, 3.05) is 13.2 Å². The monoisotopic (exact) mass is 358 g/mol. The van der Waals surface area contributed by atoms with Crippen LogP contribution < -0.4 is 20.5 Å². The predicted octanol–water partition coefficient (Wildman–Crippen LogP) is 2.60. The van der Waals surface area contributed by atoms with Gasteiger partial charge in [0.2, 0.25) is 0 Å². The molecule has 1 aromatic carbocycles. The minimum absolute atomic E-state index is 0.483. The Morgan fingerprint density at radius 1 is 1.38 bits per heavy atom. The van der Waals surface area contributed by atoms with Crippen molar-refractivity contribution in [1.82, 2.24) is 5.32 Å². The molecule has 1 aromatic rings. The number of primary amides is 1. The molecule has 0 spiro atoms. The van der Waals surface area contributed by atoms with E-state index in [0.717, 1.165) is 23.1 Å². The highest BCUT2D eigenvalue weighted by Gasteiger charge is 2.20. The van der Waals surface area contributed by atoms with Gasteiger partial charge in [-0.05, 0) is 53.5 Å². The molecular formula is C15H23BrN2O3. The summed E-state index contributed by atoms with van der Waals surface area (Å²) in [5.41, 5.74) is 6.41. The van der Waals surface area contributed by atoms with Gasteiger partial charge in [-0.25, -0.2) is 0 Å². The summed E-state index contributed by atoms with van der Waals surface area (Å²) in [6, 6.07) is 3.87. The second-order valence-electron chi connectivity index (χ2n) is 4.54. The highest BCUT2D eigenvalue weighted by Crippen LogP contribution is 2.37. The van der Waals surface area contributed by atoms with Gasteiger partial charge in [0.15, 0.2) is 17.6 Å². The van der Waals surface area contributed by atoms with Crippen LogP contribution in [0.25, 0.3) is 0 Å². The number of carbonyl (C=O) groups excluding carboxylic acids is 1. The Hall–Kier alpha value is -1.27. The second kappa shape index (κ2) is 8.89. The second-order valence-corrected chi connectivity index (χ2v) is 5.39. The van der Waals surface area contributed by atoms with Crippen LogP contribution in [0, 0.1) is 0 Å². The van der Waals surface area contributed by atoms with E-state index in [9.17, 15) is 4.79 Å². The van der Waals surface area contributed by atoms with Gasteiger partial charge in [0.25, 0.3) is 5.91 Å². The summed E-state index contributed by atoms with van der Waals surface area (Å²) in [5.74, 6) is 0.644. The smallest absolute Gasteiger partial charge is 0.258 e. The molecule has 0 aliphatic rings. The number of halogens is 1. The zero-order valence-corrected chi connectivity index (χ0v) is 14.3. The summed E-state index contributed by atoms with van der Waals surface area (Å²) in [6.45, 7) is 7.95. The Morgan fingerprint density at radius 2 is 2.10 bits per heavy atom. The van der Waals surface area contributed by atoms with Gasteiger partial charge in [-0.3, -0.25) is 4.79 Å². The SMILES string of the molecule is CCNCc1cc(Br)c(OC(CC)C(N)=O)c(OCC)c1. The normalized spacial score (nSPS) is 12.0. The van der Waals surface area contributed by atoms with Gasteiger partial charge >= 0.3 is 0 Å². The lowest BCUT2D eigenvalue weighted by Crippen LogP contribution is -2.33. The standard InChI is InChI=1S/C15H23BrN2O3/c1-4-12(15(17)19)21-14-11(16)7-10(9-18-5-2)8-13(14)20-6-3/h7-8,12,18H,4-6,9H2,1-3H3,(H2,17,19). The molecule has 0 fully saturated rings. The molecular weight excluding hydrogens is 336 g/mol. The number of amides is 1. The third-order valence-corrected chi connectivity index (χ3v) is 3.49. The first kappa shape index (κ1) is 17.8. The Morgan fingerprint density at radius 3 is 2.62 bits per heavy atom. The molecule has 3 N–H and O–H groups in total. The number of ether oxygens (including phenoxy) is 2. The third-order valence-electron chi connectivity index (χ3n) is 2.90. The molecule has 1 rings (SSSR count). The average Bonchev–Trinajstić information content (AvgIpc) is 2.44. The Bertz CT molecular complexity index is 480. The Kier molecular flexibility index (Phi) is 7.53. The molecule has 0 heterocycles. The van der Waals surface area contributed by atoms with Crippen LogP contribution in [0.5, 0.6) is 11.5 Å². The number of carbonyl (C=O) groups is 1. The first-order valence-electron chi connectivity index (χ1n) is 7.15. The maximum absolute atomic E-state index is 11.4. The molecule has 1 unspecified atom stereocenters. The van der Waals surface area contributed by atoms with Crippen molar-refractivity contribution in [2.24, 2.45) is 5.73 Å². The molecule has 0 bridgehead atoms. The van der Waals surface area contributed by atoms with E-state index in [1.165, 1.54) is 0 Å². The van der Waals surface area contributed by atoms with Crippen LogP contribution in [0.3, 0.4) is 0 Å². The van der Waals surface area contributed by atoms with Crippen molar-refractivity contribution in [2.45, 2.75) is 39.8 Å². The summed E-state index contributed by atoms with van der Waals surface area (Å²) in [5, 5.41) is 3.26. The summed E-state index contributed by atoms with van der Waals surface area (Å²) in [4.78, 5) is 11.4. The van der Waals surface area contributed by atoms with Gasteiger partial charge in [0, 0.05) is 6.54 Å². The quantitative estimate of drug-likeness (QED) is 0.711. The van der Waals surface area contributed by atoms with E-state index >= 15 is 0 Å². The molecule has 0 saturated heterocycles. The number of rotatable bonds is 9. The lowest BCUT2D eigenvalue weighted by atomic mass is 10.2. The number of nitrogens with one attached hydrogen (secondary N) is 1. The third kappa shape index (κ3) is 5.21. The molecule has 0 aliphatic carbocycles. The van der Waals surface area contributed by atoms with Crippen molar-refractivity contribution in [1.29, 1.82) is 0 Å². The highest BCUT2D eigenvalue weighted by molar-refractivity contribution is 9.10. The van der Waals surface area contributed by atoms with Gasteiger partial charge in [0.1, 0.15) is 0 Å². The first-order valence-corrected chi connectivity index (χ1v) is 7.94. The lowest BCUT2D eigenvalue weighted by Gasteiger charge is -2.19. The Balaban J connectivity index is 3.08. The zero-order valence-electron chi connectivity index (χ0n) is 12.7. The van der Waals surface area contributed by atoms with Crippen LogP contribution in [0.15, 0.2) is 16.6 Å². The maximum atomic E-state index is 11.4. The van der Waals surface area contributed by atoms with Gasteiger partial charge in [-0.2, -0.15) is 0 Å². The Labute approximate surface area is 134 Å². The minimum atomic E-state index is -0.667. The molecule has 21 heavy (non-hydrogen) atoms. The summed E-state index contributed by atoms with van der Waals surface area (Å²) in [6.07, 6.45) is -0.160. The lowest BCUT2D eigenvalue weighted by molar-refractivity contribution is -0.124. The van der Waals surface area contributed by atoms with Crippen molar-refractivity contribution >= 4 is 21.8 Å². The van der Waals surface area contributed by atoms with Crippen molar-refractivity contribution in [3.63, 3.8) is 0 Å². The highest BCUT2D eigenvalue weighted by atomic mass is 79.9. The fraction of sp³-hybridized carbons (Fsp3) is 0.533. The van der Waals surface area contributed by atoms with Gasteiger partial charge in [-0.1, -0.05) is 13.8 Å². The maximum Gasteiger partial charge on any atom is 0.258 e. The predicted molar refractivity (Wildman–Crippen MR) is 86.6 cm³/mol. The largest absolute Gasteiger partial charge is 0.490 e. The van der Waals surface area contributed by atoms with Crippen LogP contribution in [0.4, 0.5) is 0 Å². The molecule has 0 radical (unpaired) electrons. The van der Waals surface area contributed by atoms with Crippen LogP contribution in [0.1, 0.15) is 32.8 Å². The molecule has 118 valence electrons. The summed E-state index contributed by atoms with van der Waals surface area (Å²) in [7, 11) is 0. The molecule has 5 nitrogen and oxygen atoms in total. The zero-order chi connectivity index (χ0) is 15.8. The van der Waals surface area contributed by atoms with Crippen LogP contribution in [0.2, 0.25) is 0 Å². The van der Waals surface area contributed by atoms with Crippen LogP contribution in [-0.2, 0) is 11.3 Å². The minimum Gasteiger partial charge on any atom is -0.490 e. The van der Waals surface area contributed by atoms with Crippen molar-refractivity contribution < 1.29 is 14.3 Å². The fourth-order valence-corrected chi connectivity index (χ4v) is 2.44. The van der Waals surface area contributed by atoms with E-state index in [1.54, 1.807) is 0 Å². The van der Waals surface area contributed by atoms with Crippen molar-refractivity contribution in [3.8, 4) is 11.5 Å². The topological polar surface area (TPSA) is 73.6 Å². The van der Waals surface area contributed by atoms with E-state index in [-0.39, 0.29) is 0 Å². The van der Waals surface area contributed by atoms with Crippen LogP contribution >= 0.6 is 15.9 Å². The van der Waals surface area contributed by atoms with E-state index in [1.807, 2.05) is 26.0 Å². The number of hydrogen-bond acceptors (Lipinski definition) is 4. The van der Waals surface area contributed by atoms with E-state index in [4.69, 9.17) is 15.2 Å². The molecule has 0 aliphatic heterocycles. The van der Waals surface area contributed by atoms with Crippen molar-refractivity contribution in [3.05, 3.63) is 22.2 Å². The first-order chi connectivity index (χ1) is 10.0. The summed E-state index contributed by atoms with van der Waals surface area (Å²) < 4.78 is 12.1. The van der Waals surface area contributed by atoms with Gasteiger partial charge < -0.3 is 20.5 Å². The molecule has 1 amide bonds. The number of nitrogens with two attached hydrogens (primary N) is 1. The van der Waals surface area contributed by atoms with Crippen LogP contribution in [-0.4, -0.2) is 25.2 Å². The molecule has 0 saturated carbocycles.